The van der Waals surface area contributed by atoms with Crippen molar-refractivity contribution in [2.24, 2.45) is 5.84 Å². The maximum absolute atomic E-state index is 11.1. The largest absolute Gasteiger partial charge is 0.468 e. The van der Waals surface area contributed by atoms with Crippen molar-refractivity contribution in [3.63, 3.8) is 0 Å². The summed E-state index contributed by atoms with van der Waals surface area (Å²) < 4.78 is 5.25. The normalized spacial score (nSPS) is 10.4. The number of aryl methyl sites for hydroxylation is 1. The number of hydrogen-bond acceptors (Lipinski definition) is 4. The number of carbonyl (C=O) groups is 1. The van der Waals surface area contributed by atoms with Crippen LogP contribution in [-0.2, 0) is 17.0 Å². The fourth-order valence-electron chi connectivity index (χ4n) is 1.67. The van der Waals surface area contributed by atoms with Gasteiger partial charge in [-0.2, -0.15) is 0 Å². The summed E-state index contributed by atoms with van der Waals surface area (Å²) in [6, 6.07) is 9.93. The van der Waals surface area contributed by atoms with Crippen LogP contribution in [0.1, 0.15) is 16.9 Å². The van der Waals surface area contributed by atoms with Crippen molar-refractivity contribution in [1.29, 1.82) is 0 Å². The SMILES string of the molecule is Cc1occc1SCc1ccc(CC(=O)NN)cc1. The molecule has 0 saturated heterocycles. The van der Waals surface area contributed by atoms with Crippen molar-refractivity contribution in [3.8, 4) is 0 Å². The van der Waals surface area contributed by atoms with E-state index in [9.17, 15) is 4.79 Å². The molecule has 1 amide bonds. The van der Waals surface area contributed by atoms with Gasteiger partial charge in [-0.1, -0.05) is 24.3 Å². The van der Waals surface area contributed by atoms with Crippen molar-refractivity contribution in [2.75, 3.05) is 0 Å². The summed E-state index contributed by atoms with van der Waals surface area (Å²) in [6.07, 6.45) is 2.01. The first-order chi connectivity index (χ1) is 9.19. The minimum absolute atomic E-state index is 0.184. The number of nitrogens with two attached hydrogens (primary N) is 1. The number of carbonyl (C=O) groups excluding carboxylic acids is 1. The third-order valence-corrected chi connectivity index (χ3v) is 3.97. The highest BCUT2D eigenvalue weighted by Crippen LogP contribution is 2.26. The monoisotopic (exact) mass is 276 g/mol. The molecule has 1 heterocycles. The maximum Gasteiger partial charge on any atom is 0.238 e. The van der Waals surface area contributed by atoms with Gasteiger partial charge in [0.2, 0.25) is 5.91 Å². The van der Waals surface area contributed by atoms with Gasteiger partial charge in [0.25, 0.3) is 0 Å². The van der Waals surface area contributed by atoms with Gasteiger partial charge in [-0.05, 0) is 24.1 Å². The molecule has 0 aliphatic heterocycles. The predicted molar refractivity (Wildman–Crippen MR) is 75.5 cm³/mol. The van der Waals surface area contributed by atoms with Crippen LogP contribution < -0.4 is 11.3 Å². The average Bonchev–Trinajstić information content (AvgIpc) is 2.83. The van der Waals surface area contributed by atoms with Gasteiger partial charge >= 0.3 is 0 Å². The predicted octanol–water partition coefficient (Wildman–Crippen LogP) is 2.41. The van der Waals surface area contributed by atoms with E-state index in [0.29, 0.717) is 6.42 Å². The molecular formula is C14H16N2O2S. The van der Waals surface area contributed by atoms with Crippen molar-refractivity contribution in [2.45, 2.75) is 24.0 Å². The van der Waals surface area contributed by atoms with Gasteiger partial charge in [-0.25, -0.2) is 5.84 Å². The lowest BCUT2D eigenvalue weighted by atomic mass is 10.1. The van der Waals surface area contributed by atoms with Crippen LogP contribution in [0.3, 0.4) is 0 Å². The number of nitrogens with one attached hydrogen (secondary N) is 1. The van der Waals surface area contributed by atoms with E-state index in [0.717, 1.165) is 22.0 Å². The number of amides is 1. The molecule has 100 valence electrons. The molecule has 2 aromatic rings. The Morgan fingerprint density at radius 2 is 1.95 bits per heavy atom. The number of thioether (sulfide) groups is 1. The Bertz CT molecular complexity index is 549. The van der Waals surface area contributed by atoms with Crippen LogP contribution in [0.5, 0.6) is 0 Å². The van der Waals surface area contributed by atoms with Gasteiger partial charge in [0.1, 0.15) is 5.76 Å². The van der Waals surface area contributed by atoms with Gasteiger partial charge in [0.15, 0.2) is 0 Å². The molecule has 0 atom stereocenters. The van der Waals surface area contributed by atoms with E-state index in [1.54, 1.807) is 18.0 Å². The summed E-state index contributed by atoms with van der Waals surface area (Å²) in [4.78, 5) is 12.3. The zero-order valence-electron chi connectivity index (χ0n) is 10.7. The summed E-state index contributed by atoms with van der Waals surface area (Å²) in [5.41, 5.74) is 4.29. The van der Waals surface area contributed by atoms with Crippen LogP contribution in [-0.4, -0.2) is 5.91 Å². The first kappa shape index (κ1) is 13.7. The zero-order chi connectivity index (χ0) is 13.7. The molecular weight excluding hydrogens is 260 g/mol. The first-order valence-corrected chi connectivity index (χ1v) is 6.92. The minimum atomic E-state index is -0.184. The number of hydrogen-bond donors (Lipinski definition) is 2. The molecule has 19 heavy (non-hydrogen) atoms. The molecule has 0 radical (unpaired) electrons. The quantitative estimate of drug-likeness (QED) is 0.381. The first-order valence-electron chi connectivity index (χ1n) is 5.93. The molecule has 0 saturated carbocycles. The lowest BCUT2D eigenvalue weighted by Crippen LogP contribution is -2.31. The highest BCUT2D eigenvalue weighted by atomic mass is 32.2. The third kappa shape index (κ3) is 3.87. The summed E-state index contributed by atoms with van der Waals surface area (Å²) >= 11 is 1.74. The Morgan fingerprint density at radius 1 is 1.26 bits per heavy atom. The molecule has 2 rings (SSSR count). The van der Waals surface area contributed by atoms with Crippen LogP contribution in [0.4, 0.5) is 0 Å². The molecule has 0 spiro atoms. The van der Waals surface area contributed by atoms with Crippen molar-refractivity contribution in [3.05, 3.63) is 53.5 Å². The number of benzene rings is 1. The number of furan rings is 1. The van der Waals surface area contributed by atoms with Gasteiger partial charge in [-0.3, -0.25) is 10.2 Å². The number of hydrazine groups is 1. The molecule has 1 aromatic carbocycles. The average molecular weight is 276 g/mol. The van der Waals surface area contributed by atoms with Gasteiger partial charge in [-0.15, -0.1) is 11.8 Å². The molecule has 1 aromatic heterocycles. The Labute approximate surface area is 116 Å². The highest BCUT2D eigenvalue weighted by Gasteiger charge is 2.04. The van der Waals surface area contributed by atoms with Gasteiger partial charge in [0.05, 0.1) is 12.7 Å². The molecule has 0 aliphatic rings. The second-order valence-electron chi connectivity index (χ2n) is 4.19. The lowest BCUT2D eigenvalue weighted by molar-refractivity contribution is -0.120. The van der Waals surface area contributed by atoms with E-state index in [2.05, 4.69) is 5.43 Å². The minimum Gasteiger partial charge on any atom is -0.468 e. The fourth-order valence-corrected chi connectivity index (χ4v) is 2.59. The highest BCUT2D eigenvalue weighted by molar-refractivity contribution is 7.98. The second kappa shape index (κ2) is 6.45. The lowest BCUT2D eigenvalue weighted by Gasteiger charge is -2.03. The van der Waals surface area contributed by atoms with Crippen molar-refractivity contribution in [1.82, 2.24) is 5.43 Å². The number of rotatable bonds is 5. The smallest absolute Gasteiger partial charge is 0.238 e. The zero-order valence-corrected chi connectivity index (χ0v) is 11.5. The standard InChI is InChI=1S/C14H16N2O2S/c1-10-13(6-7-18-10)19-9-12-4-2-11(3-5-12)8-14(17)16-15/h2-7H,8-9,15H2,1H3,(H,16,17). The summed E-state index contributed by atoms with van der Waals surface area (Å²) in [6.45, 7) is 1.96. The van der Waals surface area contributed by atoms with Crippen LogP contribution in [0.2, 0.25) is 0 Å². The summed E-state index contributed by atoms with van der Waals surface area (Å²) in [5.74, 6) is 6.69. The van der Waals surface area contributed by atoms with Crippen LogP contribution in [0.25, 0.3) is 0 Å². The van der Waals surface area contributed by atoms with Crippen LogP contribution in [0.15, 0.2) is 45.9 Å². The second-order valence-corrected chi connectivity index (χ2v) is 5.21. The summed E-state index contributed by atoms with van der Waals surface area (Å²) in [5, 5.41) is 0. The fraction of sp³-hybridized carbons (Fsp3) is 0.214. The Hall–Kier alpha value is -1.72. The van der Waals surface area contributed by atoms with E-state index in [1.807, 2.05) is 37.3 Å². The van der Waals surface area contributed by atoms with E-state index < -0.39 is 0 Å². The van der Waals surface area contributed by atoms with E-state index in [4.69, 9.17) is 10.3 Å². The summed E-state index contributed by atoms with van der Waals surface area (Å²) in [7, 11) is 0. The molecule has 4 nitrogen and oxygen atoms in total. The molecule has 0 aliphatic carbocycles. The van der Waals surface area contributed by atoms with Crippen molar-refractivity contribution < 1.29 is 9.21 Å². The Balaban J connectivity index is 1.92. The molecule has 0 bridgehead atoms. The Morgan fingerprint density at radius 3 is 2.53 bits per heavy atom. The van der Waals surface area contributed by atoms with Crippen LogP contribution in [0, 0.1) is 6.92 Å². The Kier molecular flexibility index (Phi) is 4.65. The van der Waals surface area contributed by atoms with E-state index >= 15 is 0 Å². The van der Waals surface area contributed by atoms with E-state index in [-0.39, 0.29) is 5.91 Å². The molecule has 3 N–H and O–H groups in total. The molecule has 0 unspecified atom stereocenters. The topological polar surface area (TPSA) is 68.3 Å². The maximum atomic E-state index is 11.1. The van der Waals surface area contributed by atoms with Gasteiger partial charge < -0.3 is 4.42 Å². The third-order valence-electron chi connectivity index (χ3n) is 2.75. The molecule has 5 heteroatoms. The van der Waals surface area contributed by atoms with Gasteiger partial charge in [0, 0.05) is 10.6 Å². The van der Waals surface area contributed by atoms with Crippen LogP contribution >= 0.6 is 11.8 Å². The van der Waals surface area contributed by atoms with Crippen molar-refractivity contribution >= 4 is 17.7 Å². The molecule has 0 fully saturated rings. The van der Waals surface area contributed by atoms with E-state index in [1.165, 1.54) is 5.56 Å².